The minimum absolute atomic E-state index is 0.0126. The number of hydrogen-bond acceptors (Lipinski definition) is 3. The highest BCUT2D eigenvalue weighted by atomic mass is 35.5. The first-order valence-electron chi connectivity index (χ1n) is 6.37. The number of carbonyl (C=O) groups excluding carboxylic acids is 1. The van der Waals surface area contributed by atoms with Crippen LogP contribution in [0.4, 0.5) is 0 Å². The summed E-state index contributed by atoms with van der Waals surface area (Å²) in [4.78, 5) is 13.7. The van der Waals surface area contributed by atoms with Crippen molar-refractivity contribution in [1.82, 2.24) is 4.90 Å². The Balaban J connectivity index is 1.88. The zero-order valence-corrected chi connectivity index (χ0v) is 11.7. The van der Waals surface area contributed by atoms with Crippen LogP contribution in [-0.4, -0.2) is 42.2 Å². The van der Waals surface area contributed by atoms with Crippen LogP contribution in [0.25, 0.3) is 0 Å². The highest BCUT2D eigenvalue weighted by Gasteiger charge is 2.25. The van der Waals surface area contributed by atoms with E-state index in [0.717, 1.165) is 12.0 Å². The number of ether oxygens (including phenoxy) is 1. The van der Waals surface area contributed by atoms with Crippen LogP contribution in [0.15, 0.2) is 18.2 Å². The fourth-order valence-electron chi connectivity index (χ4n) is 2.16. The second-order valence-electron chi connectivity index (χ2n) is 4.90. The predicted molar refractivity (Wildman–Crippen MR) is 73.5 cm³/mol. The van der Waals surface area contributed by atoms with Gasteiger partial charge in [0.25, 0.3) is 5.91 Å². The van der Waals surface area contributed by atoms with Crippen molar-refractivity contribution < 1.29 is 14.6 Å². The fraction of sp³-hybridized carbons (Fsp3) is 0.500. The van der Waals surface area contributed by atoms with Gasteiger partial charge in [-0.05, 0) is 31.0 Å². The summed E-state index contributed by atoms with van der Waals surface area (Å²) in [5.41, 5.74) is 1.04. The number of halogens is 1. The highest BCUT2D eigenvalue weighted by Crippen LogP contribution is 2.25. The van der Waals surface area contributed by atoms with Gasteiger partial charge in [0.1, 0.15) is 5.75 Å². The molecule has 1 N–H and O–H groups in total. The maximum atomic E-state index is 12.0. The second kappa shape index (κ2) is 6.26. The van der Waals surface area contributed by atoms with Crippen molar-refractivity contribution in [3.05, 3.63) is 28.8 Å². The molecule has 5 heteroatoms. The Morgan fingerprint density at radius 3 is 3.05 bits per heavy atom. The number of hydrogen-bond donors (Lipinski definition) is 1. The second-order valence-corrected chi connectivity index (χ2v) is 5.31. The van der Waals surface area contributed by atoms with Crippen molar-refractivity contribution in [2.45, 2.75) is 13.3 Å². The van der Waals surface area contributed by atoms with Gasteiger partial charge in [-0.2, -0.15) is 0 Å². The highest BCUT2D eigenvalue weighted by molar-refractivity contribution is 6.32. The summed E-state index contributed by atoms with van der Waals surface area (Å²) < 4.78 is 5.48. The van der Waals surface area contributed by atoms with E-state index in [4.69, 9.17) is 21.4 Å². The van der Waals surface area contributed by atoms with Crippen LogP contribution in [0.3, 0.4) is 0 Å². The molecule has 1 heterocycles. The largest absolute Gasteiger partial charge is 0.482 e. The molecule has 0 radical (unpaired) electrons. The number of amides is 1. The topological polar surface area (TPSA) is 49.8 Å². The molecule has 1 aliphatic rings. The summed E-state index contributed by atoms with van der Waals surface area (Å²) in [6.45, 7) is 3.36. The summed E-state index contributed by atoms with van der Waals surface area (Å²) in [6.07, 6.45) is 0.855. The van der Waals surface area contributed by atoms with Gasteiger partial charge in [0.15, 0.2) is 6.61 Å². The molecule has 1 aliphatic heterocycles. The van der Waals surface area contributed by atoms with E-state index >= 15 is 0 Å². The zero-order valence-electron chi connectivity index (χ0n) is 10.9. The van der Waals surface area contributed by atoms with Gasteiger partial charge in [0.2, 0.25) is 0 Å². The van der Waals surface area contributed by atoms with Crippen molar-refractivity contribution in [3.8, 4) is 5.75 Å². The monoisotopic (exact) mass is 283 g/mol. The molecule has 1 amide bonds. The van der Waals surface area contributed by atoms with Crippen molar-refractivity contribution >= 4 is 17.5 Å². The molecular formula is C14H18ClNO3. The van der Waals surface area contributed by atoms with E-state index in [1.165, 1.54) is 0 Å². The molecule has 104 valence electrons. The Morgan fingerprint density at radius 1 is 1.58 bits per heavy atom. The van der Waals surface area contributed by atoms with Gasteiger partial charge >= 0.3 is 0 Å². The molecule has 0 bridgehead atoms. The number of aryl methyl sites for hydroxylation is 1. The molecule has 0 spiro atoms. The zero-order chi connectivity index (χ0) is 13.8. The quantitative estimate of drug-likeness (QED) is 0.918. The number of carbonyl (C=O) groups is 1. The van der Waals surface area contributed by atoms with E-state index in [1.54, 1.807) is 11.0 Å². The molecule has 1 aromatic carbocycles. The molecule has 19 heavy (non-hydrogen) atoms. The molecule has 0 aliphatic carbocycles. The van der Waals surface area contributed by atoms with E-state index in [1.807, 2.05) is 19.1 Å². The van der Waals surface area contributed by atoms with Gasteiger partial charge in [-0.15, -0.1) is 0 Å². The van der Waals surface area contributed by atoms with Crippen LogP contribution in [0.5, 0.6) is 5.75 Å². The molecule has 0 saturated carbocycles. The third-order valence-electron chi connectivity index (χ3n) is 3.33. The minimum Gasteiger partial charge on any atom is -0.482 e. The molecule has 2 rings (SSSR count). The van der Waals surface area contributed by atoms with Crippen LogP contribution >= 0.6 is 11.6 Å². The molecule has 0 aromatic heterocycles. The predicted octanol–water partition coefficient (Wildman–Crippen LogP) is 1.87. The number of benzene rings is 1. The Hall–Kier alpha value is -1.26. The first-order valence-corrected chi connectivity index (χ1v) is 6.75. The van der Waals surface area contributed by atoms with Crippen molar-refractivity contribution in [1.29, 1.82) is 0 Å². The fourth-order valence-corrected chi connectivity index (χ4v) is 2.33. The lowest BCUT2D eigenvalue weighted by molar-refractivity contribution is -0.132. The summed E-state index contributed by atoms with van der Waals surface area (Å²) >= 11 is 6.00. The summed E-state index contributed by atoms with van der Waals surface area (Å²) in [7, 11) is 0. The molecular weight excluding hydrogens is 266 g/mol. The average Bonchev–Trinajstić information content (AvgIpc) is 2.88. The maximum Gasteiger partial charge on any atom is 0.260 e. The minimum atomic E-state index is -0.0616. The van der Waals surface area contributed by atoms with E-state index in [9.17, 15) is 4.79 Å². The lowest BCUT2D eigenvalue weighted by atomic mass is 10.1. The number of aliphatic hydroxyl groups excluding tert-OH is 1. The van der Waals surface area contributed by atoms with Crippen LogP contribution in [0.2, 0.25) is 5.02 Å². The maximum absolute atomic E-state index is 12.0. The smallest absolute Gasteiger partial charge is 0.260 e. The van der Waals surface area contributed by atoms with E-state index in [2.05, 4.69) is 0 Å². The normalized spacial score (nSPS) is 18.7. The molecule has 4 nitrogen and oxygen atoms in total. The van der Waals surface area contributed by atoms with Gasteiger partial charge in [-0.1, -0.05) is 17.7 Å². The average molecular weight is 284 g/mol. The first-order chi connectivity index (χ1) is 9.10. The third-order valence-corrected chi connectivity index (χ3v) is 3.65. The van der Waals surface area contributed by atoms with E-state index in [0.29, 0.717) is 23.9 Å². The molecule has 1 aromatic rings. The third kappa shape index (κ3) is 3.61. The lowest BCUT2D eigenvalue weighted by Crippen LogP contribution is -2.33. The van der Waals surface area contributed by atoms with Crippen molar-refractivity contribution in [3.63, 3.8) is 0 Å². The molecule has 1 atom stereocenters. The standard InChI is InChI=1S/C14H18ClNO3/c1-10-2-3-12(15)13(6-10)19-9-14(18)16-5-4-11(7-16)8-17/h2-3,6,11,17H,4-5,7-9H2,1H3. The number of aliphatic hydroxyl groups is 1. The number of likely N-dealkylation sites (tertiary alicyclic amines) is 1. The Labute approximate surface area is 117 Å². The molecule has 1 fully saturated rings. The van der Waals surface area contributed by atoms with Gasteiger partial charge in [-0.25, -0.2) is 0 Å². The van der Waals surface area contributed by atoms with E-state index in [-0.39, 0.29) is 25.0 Å². The molecule has 1 saturated heterocycles. The van der Waals surface area contributed by atoms with Crippen molar-refractivity contribution in [2.24, 2.45) is 5.92 Å². The molecule has 1 unspecified atom stereocenters. The Kier molecular flexibility index (Phi) is 4.66. The van der Waals surface area contributed by atoms with E-state index < -0.39 is 0 Å². The SMILES string of the molecule is Cc1ccc(Cl)c(OCC(=O)N2CCC(CO)C2)c1. The summed E-state index contributed by atoms with van der Waals surface area (Å²) in [5, 5.41) is 9.56. The summed E-state index contributed by atoms with van der Waals surface area (Å²) in [5.74, 6) is 0.674. The first kappa shape index (κ1) is 14.2. The van der Waals surface area contributed by atoms with Gasteiger partial charge < -0.3 is 14.7 Å². The lowest BCUT2D eigenvalue weighted by Gasteiger charge is -2.17. The van der Waals surface area contributed by atoms with Gasteiger partial charge in [0, 0.05) is 25.6 Å². The van der Waals surface area contributed by atoms with Gasteiger partial charge in [-0.3, -0.25) is 4.79 Å². The van der Waals surface area contributed by atoms with Crippen LogP contribution in [0, 0.1) is 12.8 Å². The van der Waals surface area contributed by atoms with Gasteiger partial charge in [0.05, 0.1) is 5.02 Å². The van der Waals surface area contributed by atoms with Crippen LogP contribution in [-0.2, 0) is 4.79 Å². The van der Waals surface area contributed by atoms with Crippen molar-refractivity contribution in [2.75, 3.05) is 26.3 Å². The van der Waals surface area contributed by atoms with Crippen LogP contribution < -0.4 is 4.74 Å². The number of nitrogens with zero attached hydrogens (tertiary/aromatic N) is 1. The Morgan fingerprint density at radius 2 is 2.37 bits per heavy atom. The number of rotatable bonds is 4. The Bertz CT molecular complexity index is 464. The van der Waals surface area contributed by atoms with Crippen LogP contribution in [0.1, 0.15) is 12.0 Å². The summed E-state index contributed by atoms with van der Waals surface area (Å²) in [6, 6.07) is 5.47.